The lowest BCUT2D eigenvalue weighted by Crippen LogP contribution is -2.22. The molecule has 2 aromatic heterocycles. The predicted octanol–water partition coefficient (Wildman–Crippen LogP) is 6.52. The standard InChI is InChI=1S/C22H13Cl4N3O2/c23-13-3-4-19-16(7-13)17(11-29(19)10-12-1-2-14(24)8-18(12)25)21(30)22(31)28-15-5-6-27-20(26)9-15/h1-9,11H,10H2,(H,27,28,31). The van der Waals surface area contributed by atoms with Crippen molar-refractivity contribution in [1.29, 1.82) is 0 Å². The van der Waals surface area contributed by atoms with Gasteiger partial charge < -0.3 is 9.88 Å². The van der Waals surface area contributed by atoms with Gasteiger partial charge in [0.25, 0.3) is 11.7 Å². The van der Waals surface area contributed by atoms with E-state index in [1.807, 2.05) is 10.6 Å². The van der Waals surface area contributed by atoms with Gasteiger partial charge in [-0.3, -0.25) is 9.59 Å². The van der Waals surface area contributed by atoms with Gasteiger partial charge in [-0.25, -0.2) is 4.98 Å². The van der Waals surface area contributed by atoms with Crippen molar-refractivity contribution in [3.05, 3.63) is 92.3 Å². The van der Waals surface area contributed by atoms with Crippen LogP contribution in [0.4, 0.5) is 5.69 Å². The summed E-state index contributed by atoms with van der Waals surface area (Å²) in [6.07, 6.45) is 3.05. The van der Waals surface area contributed by atoms with Crippen LogP contribution in [0.1, 0.15) is 15.9 Å². The van der Waals surface area contributed by atoms with Crippen molar-refractivity contribution < 1.29 is 9.59 Å². The molecule has 1 N–H and O–H groups in total. The van der Waals surface area contributed by atoms with Crippen LogP contribution in [0.3, 0.4) is 0 Å². The highest BCUT2D eigenvalue weighted by Gasteiger charge is 2.22. The van der Waals surface area contributed by atoms with Gasteiger partial charge >= 0.3 is 0 Å². The van der Waals surface area contributed by atoms with Crippen LogP contribution in [0.25, 0.3) is 10.9 Å². The molecular formula is C22H13Cl4N3O2. The Balaban J connectivity index is 1.71. The normalized spacial score (nSPS) is 11.0. The van der Waals surface area contributed by atoms with E-state index in [0.717, 1.165) is 11.1 Å². The molecule has 5 nitrogen and oxygen atoms in total. The van der Waals surface area contributed by atoms with Crippen molar-refractivity contribution in [2.75, 3.05) is 5.32 Å². The topological polar surface area (TPSA) is 64.0 Å². The molecule has 0 saturated carbocycles. The van der Waals surface area contributed by atoms with Crippen LogP contribution >= 0.6 is 46.4 Å². The number of pyridine rings is 1. The zero-order chi connectivity index (χ0) is 22.1. The Morgan fingerprint density at radius 2 is 1.68 bits per heavy atom. The number of benzene rings is 2. The molecule has 2 aromatic carbocycles. The Hall–Kier alpha value is -2.57. The number of halogens is 4. The van der Waals surface area contributed by atoms with E-state index in [4.69, 9.17) is 46.4 Å². The maximum Gasteiger partial charge on any atom is 0.296 e. The van der Waals surface area contributed by atoms with Crippen LogP contribution in [0.2, 0.25) is 20.2 Å². The highest BCUT2D eigenvalue weighted by Crippen LogP contribution is 2.29. The van der Waals surface area contributed by atoms with Crippen LogP contribution in [0.5, 0.6) is 0 Å². The van der Waals surface area contributed by atoms with E-state index in [9.17, 15) is 9.59 Å². The van der Waals surface area contributed by atoms with E-state index in [2.05, 4.69) is 10.3 Å². The molecule has 9 heteroatoms. The van der Waals surface area contributed by atoms with Crippen molar-refractivity contribution in [1.82, 2.24) is 9.55 Å². The summed E-state index contributed by atoms with van der Waals surface area (Å²) in [5.74, 6) is -1.51. The fraction of sp³-hybridized carbons (Fsp3) is 0.0455. The molecule has 4 rings (SSSR count). The summed E-state index contributed by atoms with van der Waals surface area (Å²) in [5.41, 5.74) is 2.14. The van der Waals surface area contributed by atoms with Gasteiger partial charge in [-0.15, -0.1) is 0 Å². The second-order valence-electron chi connectivity index (χ2n) is 6.72. The van der Waals surface area contributed by atoms with E-state index in [-0.39, 0.29) is 10.7 Å². The molecule has 0 atom stereocenters. The fourth-order valence-corrected chi connectivity index (χ4v) is 4.02. The number of carbonyl (C=O) groups excluding carboxylic acids is 2. The molecule has 0 aliphatic heterocycles. The summed E-state index contributed by atoms with van der Waals surface area (Å²) in [5, 5.41) is 4.79. The third kappa shape index (κ3) is 4.70. The first-order chi connectivity index (χ1) is 14.8. The Bertz CT molecular complexity index is 1330. The van der Waals surface area contributed by atoms with Crippen LogP contribution in [-0.4, -0.2) is 21.2 Å². The van der Waals surface area contributed by atoms with Crippen LogP contribution in [0, 0.1) is 0 Å². The van der Waals surface area contributed by atoms with E-state index in [0.29, 0.717) is 32.7 Å². The average molecular weight is 493 g/mol. The Kier molecular flexibility index (Phi) is 6.21. The molecular weight excluding hydrogens is 480 g/mol. The summed E-state index contributed by atoms with van der Waals surface area (Å²) < 4.78 is 1.84. The van der Waals surface area contributed by atoms with Gasteiger partial charge in [0.2, 0.25) is 0 Å². The van der Waals surface area contributed by atoms with Gasteiger partial charge in [-0.2, -0.15) is 0 Å². The third-order valence-electron chi connectivity index (χ3n) is 4.63. The van der Waals surface area contributed by atoms with Crippen molar-refractivity contribution in [3.63, 3.8) is 0 Å². The number of Topliss-reactive ketones (excluding diaryl/α,β-unsaturated/α-hetero) is 1. The highest BCUT2D eigenvalue weighted by atomic mass is 35.5. The van der Waals surface area contributed by atoms with Gasteiger partial charge in [0, 0.05) is 50.6 Å². The summed E-state index contributed by atoms with van der Waals surface area (Å²) in [6.45, 7) is 0.378. The third-order valence-corrected chi connectivity index (χ3v) is 5.66. The minimum absolute atomic E-state index is 0.202. The fourth-order valence-electron chi connectivity index (χ4n) is 3.20. The molecule has 0 spiro atoms. The maximum absolute atomic E-state index is 13.0. The number of fused-ring (bicyclic) bond motifs is 1. The number of hydrogen-bond acceptors (Lipinski definition) is 3. The molecule has 0 aliphatic carbocycles. The average Bonchev–Trinajstić information content (AvgIpc) is 3.07. The SMILES string of the molecule is O=C(Nc1ccnc(Cl)c1)C(=O)c1cn(Cc2ccc(Cl)cc2Cl)c2ccc(Cl)cc12. The van der Waals surface area contributed by atoms with Gasteiger partial charge in [-0.1, -0.05) is 52.5 Å². The van der Waals surface area contributed by atoms with E-state index in [1.165, 1.54) is 12.3 Å². The van der Waals surface area contributed by atoms with E-state index >= 15 is 0 Å². The molecule has 0 bridgehead atoms. The zero-order valence-corrected chi connectivity index (χ0v) is 18.7. The lowest BCUT2D eigenvalue weighted by Gasteiger charge is -2.08. The van der Waals surface area contributed by atoms with Crippen molar-refractivity contribution in [2.45, 2.75) is 6.54 Å². The van der Waals surface area contributed by atoms with Gasteiger partial charge in [0.1, 0.15) is 5.15 Å². The predicted molar refractivity (Wildman–Crippen MR) is 125 cm³/mol. The quantitative estimate of drug-likeness (QED) is 0.196. The largest absolute Gasteiger partial charge is 0.342 e. The number of anilines is 1. The lowest BCUT2D eigenvalue weighted by atomic mass is 10.1. The van der Waals surface area contributed by atoms with Crippen LogP contribution < -0.4 is 5.32 Å². The second kappa shape index (κ2) is 8.89. The number of nitrogens with one attached hydrogen (secondary N) is 1. The number of hydrogen-bond donors (Lipinski definition) is 1. The maximum atomic E-state index is 13.0. The number of carbonyl (C=O) groups is 2. The van der Waals surface area contributed by atoms with Crippen molar-refractivity contribution >= 4 is 74.7 Å². The van der Waals surface area contributed by atoms with Crippen LogP contribution in [0.15, 0.2) is 60.9 Å². The minimum atomic E-state index is -0.800. The smallest absolute Gasteiger partial charge is 0.296 e. The van der Waals surface area contributed by atoms with Crippen molar-refractivity contribution in [2.24, 2.45) is 0 Å². The second-order valence-corrected chi connectivity index (χ2v) is 8.39. The number of nitrogens with zero attached hydrogens (tertiary/aromatic N) is 2. The van der Waals surface area contributed by atoms with Gasteiger partial charge in [-0.05, 0) is 48.0 Å². The molecule has 0 radical (unpaired) electrons. The van der Waals surface area contributed by atoms with Gasteiger partial charge in [0.15, 0.2) is 0 Å². The number of amides is 1. The molecule has 1 amide bonds. The molecule has 0 saturated heterocycles. The lowest BCUT2D eigenvalue weighted by molar-refractivity contribution is -0.112. The monoisotopic (exact) mass is 491 g/mol. The summed E-state index contributed by atoms with van der Waals surface area (Å²) in [4.78, 5) is 29.4. The summed E-state index contributed by atoms with van der Waals surface area (Å²) in [6, 6.07) is 13.4. The molecule has 2 heterocycles. The molecule has 0 fully saturated rings. The first kappa shape index (κ1) is 21.7. The summed E-state index contributed by atoms with van der Waals surface area (Å²) >= 11 is 24.3. The number of aromatic nitrogens is 2. The van der Waals surface area contributed by atoms with Crippen molar-refractivity contribution in [3.8, 4) is 0 Å². The van der Waals surface area contributed by atoms with Crippen LogP contribution in [-0.2, 0) is 11.3 Å². The number of rotatable bonds is 5. The highest BCUT2D eigenvalue weighted by molar-refractivity contribution is 6.48. The molecule has 31 heavy (non-hydrogen) atoms. The Morgan fingerprint density at radius 3 is 2.42 bits per heavy atom. The Labute approximate surface area is 197 Å². The number of ketones is 1. The first-order valence-electron chi connectivity index (χ1n) is 9.01. The van der Waals surface area contributed by atoms with Gasteiger partial charge in [0.05, 0.1) is 5.56 Å². The minimum Gasteiger partial charge on any atom is -0.342 e. The van der Waals surface area contributed by atoms with E-state index in [1.54, 1.807) is 42.6 Å². The summed E-state index contributed by atoms with van der Waals surface area (Å²) in [7, 11) is 0. The molecule has 4 aromatic rings. The molecule has 0 unspecified atom stereocenters. The molecule has 156 valence electrons. The zero-order valence-electron chi connectivity index (χ0n) is 15.7. The molecule has 0 aliphatic rings. The first-order valence-corrected chi connectivity index (χ1v) is 10.5. The van der Waals surface area contributed by atoms with E-state index < -0.39 is 11.7 Å². The Morgan fingerprint density at radius 1 is 0.935 bits per heavy atom.